The van der Waals surface area contributed by atoms with Gasteiger partial charge in [0.05, 0.1) is 11.5 Å². The highest BCUT2D eigenvalue weighted by Crippen LogP contribution is 2.15. The van der Waals surface area contributed by atoms with Gasteiger partial charge in [-0.3, -0.25) is 4.79 Å². The van der Waals surface area contributed by atoms with E-state index in [0.717, 1.165) is 0 Å². The Hall–Kier alpha value is -1.70. The van der Waals surface area contributed by atoms with Crippen molar-refractivity contribution in [2.75, 3.05) is 26.8 Å². The van der Waals surface area contributed by atoms with Crippen molar-refractivity contribution in [2.45, 2.75) is 11.8 Å². The summed E-state index contributed by atoms with van der Waals surface area (Å²) in [6.45, 7) is 6.03. The van der Waals surface area contributed by atoms with E-state index in [0.29, 0.717) is 17.7 Å². The zero-order valence-electron chi connectivity index (χ0n) is 12.2. The first-order valence-corrected chi connectivity index (χ1v) is 7.89. The van der Waals surface area contributed by atoms with Crippen molar-refractivity contribution in [1.82, 2.24) is 10.0 Å². The van der Waals surface area contributed by atoms with Gasteiger partial charge in [-0.15, -0.1) is 6.58 Å². The molecule has 21 heavy (non-hydrogen) atoms. The van der Waals surface area contributed by atoms with Crippen LogP contribution in [0.25, 0.3) is 0 Å². The lowest BCUT2D eigenvalue weighted by Gasteiger charge is -2.10. The molecule has 0 spiro atoms. The number of methoxy groups -OCH3 is 1. The van der Waals surface area contributed by atoms with Crippen LogP contribution in [0.2, 0.25) is 0 Å². The highest BCUT2D eigenvalue weighted by atomic mass is 32.2. The molecule has 0 atom stereocenters. The number of nitrogens with one attached hydrogen (secondary N) is 2. The number of aryl methyl sites for hydroxylation is 1. The van der Waals surface area contributed by atoms with Crippen molar-refractivity contribution < 1.29 is 17.9 Å². The Bertz CT molecular complexity index is 611. The van der Waals surface area contributed by atoms with Crippen LogP contribution in [0.1, 0.15) is 15.9 Å². The van der Waals surface area contributed by atoms with Crippen LogP contribution in [-0.4, -0.2) is 41.1 Å². The minimum absolute atomic E-state index is 0.0490. The molecule has 0 aliphatic heterocycles. The van der Waals surface area contributed by atoms with Crippen LogP contribution in [0.3, 0.4) is 0 Å². The lowest BCUT2D eigenvalue weighted by molar-refractivity contribution is 0.0957. The van der Waals surface area contributed by atoms with Gasteiger partial charge in [0.1, 0.15) is 0 Å². The number of benzene rings is 1. The van der Waals surface area contributed by atoms with E-state index in [4.69, 9.17) is 4.74 Å². The van der Waals surface area contributed by atoms with Crippen LogP contribution in [0.5, 0.6) is 0 Å². The molecule has 0 unspecified atom stereocenters. The lowest BCUT2D eigenvalue weighted by atomic mass is 10.1. The molecule has 0 aromatic heterocycles. The van der Waals surface area contributed by atoms with Gasteiger partial charge in [0.2, 0.25) is 10.0 Å². The van der Waals surface area contributed by atoms with Crippen molar-refractivity contribution in [3.63, 3.8) is 0 Å². The first-order chi connectivity index (χ1) is 9.92. The number of amides is 1. The fourth-order valence-corrected chi connectivity index (χ4v) is 2.67. The SMILES string of the molecule is C=CCNC(=O)c1cc(S(=O)(=O)NCCOC)ccc1C. The zero-order valence-corrected chi connectivity index (χ0v) is 13.0. The predicted octanol–water partition coefficient (Wildman–Crippen LogP) is 0.836. The van der Waals surface area contributed by atoms with Gasteiger partial charge in [-0.05, 0) is 24.6 Å². The smallest absolute Gasteiger partial charge is 0.251 e. The minimum Gasteiger partial charge on any atom is -0.383 e. The van der Waals surface area contributed by atoms with E-state index in [1.807, 2.05) is 0 Å². The van der Waals surface area contributed by atoms with Gasteiger partial charge in [-0.1, -0.05) is 12.1 Å². The Morgan fingerprint density at radius 1 is 1.43 bits per heavy atom. The van der Waals surface area contributed by atoms with Gasteiger partial charge in [-0.2, -0.15) is 0 Å². The van der Waals surface area contributed by atoms with Gasteiger partial charge in [-0.25, -0.2) is 13.1 Å². The van der Waals surface area contributed by atoms with E-state index in [9.17, 15) is 13.2 Å². The van der Waals surface area contributed by atoms with E-state index in [-0.39, 0.29) is 24.0 Å². The monoisotopic (exact) mass is 312 g/mol. The van der Waals surface area contributed by atoms with Crippen LogP contribution in [0, 0.1) is 6.92 Å². The van der Waals surface area contributed by atoms with Crippen molar-refractivity contribution in [3.8, 4) is 0 Å². The number of carbonyl (C=O) groups is 1. The van der Waals surface area contributed by atoms with Crippen LogP contribution in [0.4, 0.5) is 0 Å². The molecule has 0 heterocycles. The molecule has 0 fully saturated rings. The molecule has 7 heteroatoms. The molecule has 6 nitrogen and oxygen atoms in total. The molecule has 1 rings (SSSR count). The fraction of sp³-hybridized carbons (Fsp3) is 0.357. The van der Waals surface area contributed by atoms with Crippen LogP contribution >= 0.6 is 0 Å². The highest BCUT2D eigenvalue weighted by molar-refractivity contribution is 7.89. The van der Waals surface area contributed by atoms with Crippen molar-refractivity contribution in [1.29, 1.82) is 0 Å². The average Bonchev–Trinajstić information content (AvgIpc) is 2.45. The summed E-state index contributed by atoms with van der Waals surface area (Å²) in [6, 6.07) is 4.44. The number of ether oxygens (including phenoxy) is 1. The normalized spacial score (nSPS) is 11.1. The Kier molecular flexibility index (Phi) is 6.54. The molecule has 1 aromatic rings. The summed E-state index contributed by atoms with van der Waals surface area (Å²) in [7, 11) is -2.17. The molecule has 1 amide bonds. The van der Waals surface area contributed by atoms with Crippen molar-refractivity contribution in [3.05, 3.63) is 42.0 Å². The summed E-state index contributed by atoms with van der Waals surface area (Å²) in [4.78, 5) is 12.0. The Balaban J connectivity index is 3.00. The summed E-state index contributed by atoms with van der Waals surface area (Å²) in [6.07, 6.45) is 1.56. The summed E-state index contributed by atoms with van der Waals surface area (Å²) in [5.74, 6) is -0.332. The Labute approximate surface area is 125 Å². The molecular formula is C14H20N2O4S. The van der Waals surface area contributed by atoms with E-state index in [2.05, 4.69) is 16.6 Å². The van der Waals surface area contributed by atoms with E-state index < -0.39 is 10.0 Å². The van der Waals surface area contributed by atoms with Crippen molar-refractivity contribution in [2.24, 2.45) is 0 Å². The molecule has 0 saturated carbocycles. The molecule has 2 N–H and O–H groups in total. The predicted molar refractivity (Wildman–Crippen MR) is 80.8 cm³/mol. The number of hydrogen-bond acceptors (Lipinski definition) is 4. The molecule has 0 aliphatic carbocycles. The zero-order chi connectivity index (χ0) is 15.9. The Morgan fingerprint density at radius 3 is 2.76 bits per heavy atom. The summed E-state index contributed by atoms with van der Waals surface area (Å²) >= 11 is 0. The maximum atomic E-state index is 12.1. The second kappa shape index (κ2) is 7.92. The molecule has 0 aliphatic rings. The van der Waals surface area contributed by atoms with Gasteiger partial charge in [0.25, 0.3) is 5.91 Å². The van der Waals surface area contributed by atoms with E-state index in [1.165, 1.54) is 19.2 Å². The average molecular weight is 312 g/mol. The molecule has 0 radical (unpaired) electrons. The molecule has 1 aromatic carbocycles. The van der Waals surface area contributed by atoms with Crippen LogP contribution in [-0.2, 0) is 14.8 Å². The molecule has 0 saturated heterocycles. The van der Waals surface area contributed by atoms with Gasteiger partial charge < -0.3 is 10.1 Å². The first-order valence-electron chi connectivity index (χ1n) is 6.40. The summed E-state index contributed by atoms with van der Waals surface area (Å²) in [5.41, 5.74) is 1.03. The third-order valence-corrected chi connectivity index (χ3v) is 4.23. The summed E-state index contributed by atoms with van der Waals surface area (Å²) < 4.78 is 31.4. The molecular weight excluding hydrogens is 292 g/mol. The number of sulfonamides is 1. The van der Waals surface area contributed by atoms with Crippen LogP contribution < -0.4 is 10.0 Å². The Morgan fingerprint density at radius 2 is 2.14 bits per heavy atom. The van der Waals surface area contributed by atoms with Crippen molar-refractivity contribution >= 4 is 15.9 Å². The second-order valence-corrected chi connectivity index (χ2v) is 6.13. The van der Waals surface area contributed by atoms with Gasteiger partial charge >= 0.3 is 0 Å². The maximum absolute atomic E-state index is 12.1. The topological polar surface area (TPSA) is 84.5 Å². The maximum Gasteiger partial charge on any atom is 0.251 e. The third kappa shape index (κ3) is 4.96. The summed E-state index contributed by atoms with van der Waals surface area (Å²) in [5, 5.41) is 2.63. The largest absolute Gasteiger partial charge is 0.383 e. The first kappa shape index (κ1) is 17.4. The van der Waals surface area contributed by atoms with Gasteiger partial charge in [0, 0.05) is 25.8 Å². The van der Waals surface area contributed by atoms with Crippen LogP contribution in [0.15, 0.2) is 35.7 Å². The lowest BCUT2D eigenvalue weighted by Crippen LogP contribution is -2.28. The highest BCUT2D eigenvalue weighted by Gasteiger charge is 2.17. The molecule has 116 valence electrons. The number of rotatable bonds is 8. The second-order valence-electron chi connectivity index (χ2n) is 4.37. The minimum atomic E-state index is -3.66. The standard InChI is InChI=1S/C14H20N2O4S/c1-4-7-15-14(17)13-10-12(6-5-11(13)2)21(18,19)16-8-9-20-3/h4-6,10,16H,1,7-9H2,2-3H3,(H,15,17). The number of carbonyl (C=O) groups excluding carboxylic acids is 1. The quantitative estimate of drug-likeness (QED) is 0.550. The van der Waals surface area contributed by atoms with E-state index >= 15 is 0 Å². The third-order valence-electron chi connectivity index (χ3n) is 2.77. The van der Waals surface area contributed by atoms with Gasteiger partial charge in [0.15, 0.2) is 0 Å². The van der Waals surface area contributed by atoms with E-state index in [1.54, 1.807) is 19.1 Å². The number of hydrogen-bond donors (Lipinski definition) is 2. The molecule has 0 bridgehead atoms. The fourth-order valence-electron chi connectivity index (χ4n) is 1.63.